The van der Waals surface area contributed by atoms with Gasteiger partial charge in [-0.25, -0.2) is 0 Å². The van der Waals surface area contributed by atoms with E-state index in [0.29, 0.717) is 0 Å². The number of carbonyl (C=O) groups is 2. The van der Waals surface area contributed by atoms with Crippen LogP contribution in [0.1, 0.15) is 52.4 Å². The highest BCUT2D eigenvalue weighted by Crippen LogP contribution is 2.60. The van der Waals surface area contributed by atoms with Gasteiger partial charge in [0.15, 0.2) is 0 Å². The fourth-order valence-electron chi connectivity index (χ4n) is 5.58. The largest absolute Gasteiger partial charge is 0.326 e. The molecule has 0 saturated heterocycles. The van der Waals surface area contributed by atoms with Crippen molar-refractivity contribution in [2.45, 2.75) is 52.4 Å². The van der Waals surface area contributed by atoms with E-state index in [9.17, 15) is 9.59 Å². The van der Waals surface area contributed by atoms with Gasteiger partial charge in [-0.15, -0.1) is 0 Å². The number of anilines is 2. The summed E-state index contributed by atoms with van der Waals surface area (Å²) in [6, 6.07) is 7.48. The fraction of sp³-hybridized carbons (Fsp3) is 0.619. The van der Waals surface area contributed by atoms with Gasteiger partial charge in [-0.2, -0.15) is 0 Å². The van der Waals surface area contributed by atoms with E-state index in [0.717, 1.165) is 48.4 Å². The molecule has 4 bridgehead atoms. The van der Waals surface area contributed by atoms with Crippen molar-refractivity contribution in [3.63, 3.8) is 0 Å². The summed E-state index contributed by atoms with van der Waals surface area (Å²) in [4.78, 5) is 24.8. The van der Waals surface area contributed by atoms with Gasteiger partial charge in [-0.3, -0.25) is 9.59 Å². The average Bonchev–Trinajstić information content (AvgIpc) is 2.55. The molecule has 1 aromatic carbocycles. The normalized spacial score (nSPS) is 32.7. The number of rotatable bonds is 4. The van der Waals surface area contributed by atoms with Crippen LogP contribution in [0.25, 0.3) is 0 Å². The second-order valence-electron chi connectivity index (χ2n) is 8.87. The topological polar surface area (TPSA) is 58.2 Å². The van der Waals surface area contributed by atoms with Crippen LogP contribution >= 0.6 is 0 Å². The molecule has 0 heterocycles. The fourth-order valence-corrected chi connectivity index (χ4v) is 5.58. The summed E-state index contributed by atoms with van der Waals surface area (Å²) in [6.45, 7) is 3.74. The Morgan fingerprint density at radius 1 is 0.880 bits per heavy atom. The van der Waals surface area contributed by atoms with Gasteiger partial charge in [0, 0.05) is 17.3 Å². The van der Waals surface area contributed by atoms with Crippen LogP contribution in [0, 0.1) is 29.1 Å². The Morgan fingerprint density at radius 2 is 1.32 bits per heavy atom. The molecule has 2 amide bonds. The first-order chi connectivity index (χ1) is 11.9. The lowest BCUT2D eigenvalue weighted by molar-refractivity contribution is -0.140. The van der Waals surface area contributed by atoms with Gasteiger partial charge in [-0.05, 0) is 80.5 Å². The molecule has 4 nitrogen and oxygen atoms in total. The minimum atomic E-state index is -0.126. The van der Waals surface area contributed by atoms with E-state index in [4.69, 9.17) is 0 Å². The van der Waals surface area contributed by atoms with Crippen LogP contribution in [0.4, 0.5) is 11.4 Å². The van der Waals surface area contributed by atoms with E-state index in [-0.39, 0.29) is 23.1 Å². The molecule has 25 heavy (non-hydrogen) atoms. The Hall–Kier alpha value is -1.84. The standard InChI is InChI=1S/C21H28N2O2/c1-13(2)19(24)22-17-3-5-18(6-4-17)23-20(25)21-10-14-7-15(11-21)9-16(8-14)12-21/h3-6,13-16H,7-12H2,1-2H3,(H,22,24)(H,23,25). The third-order valence-electron chi connectivity index (χ3n) is 6.45. The zero-order chi connectivity index (χ0) is 17.6. The van der Waals surface area contributed by atoms with Gasteiger partial charge in [0.2, 0.25) is 11.8 Å². The second kappa shape index (κ2) is 6.15. The molecule has 4 heteroatoms. The van der Waals surface area contributed by atoms with E-state index in [1.807, 2.05) is 38.1 Å². The van der Waals surface area contributed by atoms with Crippen LogP contribution in [-0.2, 0) is 9.59 Å². The lowest BCUT2D eigenvalue weighted by Gasteiger charge is -2.55. The van der Waals surface area contributed by atoms with Crippen LogP contribution in [0.2, 0.25) is 0 Å². The van der Waals surface area contributed by atoms with Crippen molar-refractivity contribution < 1.29 is 9.59 Å². The predicted molar refractivity (Wildman–Crippen MR) is 99.1 cm³/mol. The summed E-state index contributed by atoms with van der Waals surface area (Å²) in [7, 11) is 0. The molecule has 0 aromatic heterocycles. The molecular weight excluding hydrogens is 312 g/mol. The molecular formula is C21H28N2O2. The Bertz CT molecular complexity index is 642. The first-order valence-electron chi connectivity index (χ1n) is 9.66. The molecule has 0 unspecified atom stereocenters. The second-order valence-corrected chi connectivity index (χ2v) is 8.87. The maximum Gasteiger partial charge on any atom is 0.230 e. The van der Waals surface area contributed by atoms with Crippen molar-refractivity contribution >= 4 is 23.2 Å². The van der Waals surface area contributed by atoms with Crippen molar-refractivity contribution in [1.82, 2.24) is 0 Å². The summed E-state index contributed by atoms with van der Waals surface area (Å²) >= 11 is 0. The van der Waals surface area contributed by atoms with E-state index in [2.05, 4.69) is 10.6 Å². The zero-order valence-electron chi connectivity index (χ0n) is 15.2. The number of nitrogens with one attached hydrogen (secondary N) is 2. The van der Waals surface area contributed by atoms with Crippen molar-refractivity contribution in [2.75, 3.05) is 10.6 Å². The quantitative estimate of drug-likeness (QED) is 0.851. The summed E-state index contributed by atoms with van der Waals surface area (Å²) in [5, 5.41) is 6.03. The summed E-state index contributed by atoms with van der Waals surface area (Å²) in [5.74, 6) is 2.48. The predicted octanol–water partition coefficient (Wildman–Crippen LogP) is 4.44. The van der Waals surface area contributed by atoms with Gasteiger partial charge in [0.1, 0.15) is 0 Å². The minimum Gasteiger partial charge on any atom is -0.326 e. The molecule has 4 aliphatic carbocycles. The first kappa shape index (κ1) is 16.6. The number of carbonyl (C=O) groups excluding carboxylic acids is 2. The van der Waals surface area contributed by atoms with Crippen molar-refractivity contribution in [3.8, 4) is 0 Å². The van der Waals surface area contributed by atoms with Crippen LogP contribution in [0.5, 0.6) is 0 Å². The SMILES string of the molecule is CC(C)C(=O)Nc1ccc(NC(=O)C23CC4CC(CC(C4)C2)C3)cc1. The molecule has 4 saturated carbocycles. The number of amides is 2. The summed E-state index contributed by atoms with van der Waals surface area (Å²) in [5.41, 5.74) is 1.47. The van der Waals surface area contributed by atoms with Crippen LogP contribution in [0.3, 0.4) is 0 Å². The van der Waals surface area contributed by atoms with Crippen molar-refractivity contribution in [1.29, 1.82) is 0 Å². The zero-order valence-corrected chi connectivity index (χ0v) is 15.2. The lowest BCUT2D eigenvalue weighted by Crippen LogP contribution is -2.51. The van der Waals surface area contributed by atoms with E-state index < -0.39 is 0 Å². The van der Waals surface area contributed by atoms with Gasteiger partial charge in [0.05, 0.1) is 5.41 Å². The van der Waals surface area contributed by atoms with E-state index >= 15 is 0 Å². The van der Waals surface area contributed by atoms with Crippen LogP contribution in [-0.4, -0.2) is 11.8 Å². The number of hydrogen-bond acceptors (Lipinski definition) is 2. The number of benzene rings is 1. The van der Waals surface area contributed by atoms with Gasteiger partial charge in [-0.1, -0.05) is 13.8 Å². The number of hydrogen-bond donors (Lipinski definition) is 2. The molecule has 2 N–H and O–H groups in total. The molecule has 0 spiro atoms. The Labute approximate surface area is 149 Å². The van der Waals surface area contributed by atoms with Crippen molar-refractivity contribution in [3.05, 3.63) is 24.3 Å². The third kappa shape index (κ3) is 3.19. The minimum absolute atomic E-state index is 0.00496. The smallest absolute Gasteiger partial charge is 0.230 e. The highest BCUT2D eigenvalue weighted by atomic mass is 16.2. The monoisotopic (exact) mass is 340 g/mol. The van der Waals surface area contributed by atoms with Gasteiger partial charge >= 0.3 is 0 Å². The highest BCUT2D eigenvalue weighted by Gasteiger charge is 2.54. The molecule has 0 atom stereocenters. The Balaban J connectivity index is 1.42. The molecule has 4 aliphatic rings. The van der Waals surface area contributed by atoms with Gasteiger partial charge < -0.3 is 10.6 Å². The molecule has 4 fully saturated rings. The molecule has 134 valence electrons. The van der Waals surface area contributed by atoms with E-state index in [1.165, 1.54) is 19.3 Å². The Kier molecular flexibility index (Phi) is 4.09. The maximum atomic E-state index is 13.0. The Morgan fingerprint density at radius 3 is 1.76 bits per heavy atom. The van der Waals surface area contributed by atoms with Crippen LogP contribution in [0.15, 0.2) is 24.3 Å². The van der Waals surface area contributed by atoms with Crippen molar-refractivity contribution in [2.24, 2.45) is 29.1 Å². The van der Waals surface area contributed by atoms with E-state index in [1.54, 1.807) is 0 Å². The summed E-state index contributed by atoms with van der Waals surface area (Å²) in [6.07, 6.45) is 7.26. The maximum absolute atomic E-state index is 13.0. The molecule has 5 rings (SSSR count). The first-order valence-corrected chi connectivity index (χ1v) is 9.66. The highest BCUT2D eigenvalue weighted by molar-refractivity contribution is 5.96. The average molecular weight is 340 g/mol. The van der Waals surface area contributed by atoms with Gasteiger partial charge in [0.25, 0.3) is 0 Å². The molecule has 1 aromatic rings. The molecule has 0 aliphatic heterocycles. The molecule has 0 radical (unpaired) electrons. The van der Waals surface area contributed by atoms with Crippen LogP contribution < -0.4 is 10.6 Å². The third-order valence-corrected chi connectivity index (χ3v) is 6.45. The lowest BCUT2D eigenvalue weighted by atomic mass is 9.49. The summed E-state index contributed by atoms with van der Waals surface area (Å²) < 4.78 is 0.